The van der Waals surface area contributed by atoms with Crippen LogP contribution in [-0.2, 0) is 22.8 Å². The van der Waals surface area contributed by atoms with E-state index in [2.05, 4.69) is 58.2 Å². The third kappa shape index (κ3) is 6.26. The predicted octanol–water partition coefficient (Wildman–Crippen LogP) is 5.42. The summed E-state index contributed by atoms with van der Waals surface area (Å²) in [4.78, 5) is 12.2. The van der Waals surface area contributed by atoms with Crippen LogP contribution in [-0.4, -0.2) is 26.4 Å². The van der Waals surface area contributed by atoms with Crippen molar-refractivity contribution in [1.82, 2.24) is 14.8 Å². The zero-order valence-corrected chi connectivity index (χ0v) is 18.8. The van der Waals surface area contributed by atoms with E-state index in [4.69, 9.17) is 11.6 Å². The standard InChI is InChI=1S/C21H23ClN4OS2/c1-3-26-19(13-28-12-16-10-8-15(2)9-11-16)24-25-21(26)29-14-20(27)23-18-7-5-4-6-17(18)22/h4-11H,3,12-14H2,1-2H3,(H,23,27). The summed E-state index contributed by atoms with van der Waals surface area (Å²) in [5.74, 6) is 2.77. The Kier molecular flexibility index (Phi) is 8.03. The van der Waals surface area contributed by atoms with Gasteiger partial charge in [-0.3, -0.25) is 4.79 Å². The molecule has 3 rings (SSSR count). The van der Waals surface area contributed by atoms with Crippen LogP contribution in [0.15, 0.2) is 53.7 Å². The number of anilines is 1. The van der Waals surface area contributed by atoms with Gasteiger partial charge in [-0.2, -0.15) is 0 Å². The molecule has 3 aromatic rings. The van der Waals surface area contributed by atoms with Crippen LogP contribution in [0.5, 0.6) is 0 Å². The fourth-order valence-electron chi connectivity index (χ4n) is 2.67. The van der Waals surface area contributed by atoms with Gasteiger partial charge in [0.25, 0.3) is 0 Å². The maximum atomic E-state index is 12.2. The van der Waals surface area contributed by atoms with Crippen LogP contribution in [0.1, 0.15) is 23.9 Å². The molecule has 0 saturated carbocycles. The van der Waals surface area contributed by atoms with E-state index in [1.54, 1.807) is 12.1 Å². The van der Waals surface area contributed by atoms with Crippen LogP contribution in [0.4, 0.5) is 5.69 Å². The zero-order valence-electron chi connectivity index (χ0n) is 16.4. The number of rotatable bonds is 9. The number of aryl methyl sites for hydroxylation is 1. The highest BCUT2D eigenvalue weighted by Crippen LogP contribution is 2.24. The van der Waals surface area contributed by atoms with Crippen molar-refractivity contribution >= 4 is 46.7 Å². The fraction of sp³-hybridized carbons (Fsp3) is 0.286. The minimum atomic E-state index is -0.121. The van der Waals surface area contributed by atoms with E-state index < -0.39 is 0 Å². The molecule has 1 heterocycles. The normalized spacial score (nSPS) is 10.9. The Morgan fingerprint density at radius 3 is 2.59 bits per heavy atom. The Morgan fingerprint density at radius 2 is 1.86 bits per heavy atom. The fourth-order valence-corrected chi connectivity index (χ4v) is 4.60. The molecule has 0 spiro atoms. The molecule has 1 N–H and O–H groups in total. The molecule has 0 aliphatic rings. The van der Waals surface area contributed by atoms with E-state index in [0.29, 0.717) is 10.7 Å². The Labute approximate surface area is 184 Å². The maximum absolute atomic E-state index is 12.2. The molecule has 0 bridgehead atoms. The third-order valence-corrected chi connectivity index (χ3v) is 6.51. The van der Waals surface area contributed by atoms with Crippen LogP contribution in [0.25, 0.3) is 0 Å². The van der Waals surface area contributed by atoms with Crippen molar-refractivity contribution in [3.8, 4) is 0 Å². The molecule has 0 aliphatic heterocycles. The van der Waals surface area contributed by atoms with Crippen molar-refractivity contribution in [2.24, 2.45) is 0 Å². The SMILES string of the molecule is CCn1c(CSCc2ccc(C)cc2)nnc1SCC(=O)Nc1ccccc1Cl. The highest BCUT2D eigenvalue weighted by Gasteiger charge is 2.14. The molecule has 0 atom stereocenters. The monoisotopic (exact) mass is 446 g/mol. The average molecular weight is 447 g/mol. The molecular formula is C21H23ClN4OS2. The summed E-state index contributed by atoms with van der Waals surface area (Å²) < 4.78 is 2.07. The van der Waals surface area contributed by atoms with E-state index in [-0.39, 0.29) is 11.7 Å². The molecule has 2 aromatic carbocycles. The number of nitrogens with zero attached hydrogens (tertiary/aromatic N) is 3. The number of nitrogens with one attached hydrogen (secondary N) is 1. The molecule has 5 nitrogen and oxygen atoms in total. The lowest BCUT2D eigenvalue weighted by molar-refractivity contribution is -0.113. The number of carbonyl (C=O) groups is 1. The van der Waals surface area contributed by atoms with Crippen molar-refractivity contribution in [3.05, 3.63) is 70.5 Å². The number of para-hydroxylation sites is 1. The summed E-state index contributed by atoms with van der Waals surface area (Å²) in [5.41, 5.74) is 3.18. The number of carbonyl (C=O) groups excluding carboxylic acids is 1. The van der Waals surface area contributed by atoms with Crippen LogP contribution >= 0.6 is 35.1 Å². The molecular weight excluding hydrogens is 424 g/mol. The topological polar surface area (TPSA) is 59.8 Å². The molecule has 152 valence electrons. The van der Waals surface area contributed by atoms with Gasteiger partial charge in [-0.15, -0.1) is 22.0 Å². The first-order valence-corrected chi connectivity index (χ1v) is 11.8. The van der Waals surface area contributed by atoms with Gasteiger partial charge in [0.2, 0.25) is 5.91 Å². The van der Waals surface area contributed by atoms with Gasteiger partial charge >= 0.3 is 0 Å². The molecule has 0 fully saturated rings. The van der Waals surface area contributed by atoms with Crippen molar-refractivity contribution < 1.29 is 4.79 Å². The second-order valence-electron chi connectivity index (χ2n) is 6.44. The highest BCUT2D eigenvalue weighted by molar-refractivity contribution is 7.99. The average Bonchev–Trinajstić information content (AvgIpc) is 3.11. The van der Waals surface area contributed by atoms with Gasteiger partial charge in [-0.25, -0.2) is 0 Å². The van der Waals surface area contributed by atoms with Gasteiger partial charge in [-0.1, -0.05) is 65.3 Å². The third-order valence-electron chi connectivity index (χ3n) is 4.21. The van der Waals surface area contributed by atoms with E-state index in [9.17, 15) is 4.79 Å². The maximum Gasteiger partial charge on any atom is 0.234 e. The molecule has 0 saturated heterocycles. The Bertz CT molecular complexity index is 960. The smallest absolute Gasteiger partial charge is 0.234 e. The van der Waals surface area contributed by atoms with Crippen molar-refractivity contribution in [2.45, 2.75) is 37.1 Å². The molecule has 0 unspecified atom stereocenters. The second kappa shape index (κ2) is 10.7. The van der Waals surface area contributed by atoms with Crippen molar-refractivity contribution in [1.29, 1.82) is 0 Å². The van der Waals surface area contributed by atoms with Gasteiger partial charge in [0.15, 0.2) is 5.16 Å². The first-order chi connectivity index (χ1) is 14.1. The van der Waals surface area contributed by atoms with Gasteiger partial charge in [-0.05, 0) is 31.5 Å². The number of amides is 1. The van der Waals surface area contributed by atoms with Gasteiger partial charge in [0.05, 0.1) is 22.2 Å². The largest absolute Gasteiger partial charge is 0.324 e. The Morgan fingerprint density at radius 1 is 1.10 bits per heavy atom. The van der Waals surface area contributed by atoms with Gasteiger partial charge in [0, 0.05) is 12.3 Å². The molecule has 29 heavy (non-hydrogen) atoms. The van der Waals surface area contributed by atoms with Crippen LogP contribution in [0.3, 0.4) is 0 Å². The minimum absolute atomic E-state index is 0.121. The van der Waals surface area contributed by atoms with Crippen molar-refractivity contribution in [3.63, 3.8) is 0 Å². The number of halogens is 1. The summed E-state index contributed by atoms with van der Waals surface area (Å²) in [6.45, 7) is 4.92. The van der Waals surface area contributed by atoms with Gasteiger partial charge in [0.1, 0.15) is 5.82 Å². The van der Waals surface area contributed by atoms with Crippen molar-refractivity contribution in [2.75, 3.05) is 11.1 Å². The Balaban J connectivity index is 1.52. The quantitative estimate of drug-likeness (QED) is 0.444. The second-order valence-corrected chi connectivity index (χ2v) is 8.77. The summed E-state index contributed by atoms with van der Waals surface area (Å²) >= 11 is 9.28. The molecule has 1 aromatic heterocycles. The molecule has 1 amide bonds. The van der Waals surface area contributed by atoms with Gasteiger partial charge < -0.3 is 9.88 Å². The predicted molar refractivity (Wildman–Crippen MR) is 123 cm³/mol. The number of aromatic nitrogens is 3. The number of hydrogen-bond donors (Lipinski definition) is 1. The number of hydrogen-bond acceptors (Lipinski definition) is 5. The summed E-state index contributed by atoms with van der Waals surface area (Å²) in [6.07, 6.45) is 0. The summed E-state index contributed by atoms with van der Waals surface area (Å²) in [7, 11) is 0. The van der Waals surface area contributed by atoms with Crippen LogP contribution in [0.2, 0.25) is 5.02 Å². The highest BCUT2D eigenvalue weighted by atomic mass is 35.5. The Hall–Kier alpha value is -1.96. The van der Waals surface area contributed by atoms with Crippen LogP contribution < -0.4 is 5.32 Å². The van der Waals surface area contributed by atoms with Crippen LogP contribution in [0, 0.1) is 6.92 Å². The molecule has 0 radical (unpaired) electrons. The summed E-state index contributed by atoms with van der Waals surface area (Å²) in [6, 6.07) is 15.8. The summed E-state index contributed by atoms with van der Waals surface area (Å²) in [5, 5.41) is 12.7. The first-order valence-electron chi connectivity index (χ1n) is 9.29. The molecule has 8 heteroatoms. The first kappa shape index (κ1) is 21.7. The number of thioether (sulfide) groups is 2. The zero-order chi connectivity index (χ0) is 20.6. The van der Waals surface area contributed by atoms with E-state index >= 15 is 0 Å². The lowest BCUT2D eigenvalue weighted by Gasteiger charge is -2.08. The lowest BCUT2D eigenvalue weighted by atomic mass is 10.2. The number of benzene rings is 2. The molecule has 0 aliphatic carbocycles. The minimum Gasteiger partial charge on any atom is -0.324 e. The van der Waals surface area contributed by atoms with E-state index in [0.717, 1.165) is 29.0 Å². The van der Waals surface area contributed by atoms with E-state index in [1.807, 2.05) is 23.9 Å². The van der Waals surface area contributed by atoms with E-state index in [1.165, 1.54) is 22.9 Å². The lowest BCUT2D eigenvalue weighted by Crippen LogP contribution is -2.15.